The molecular formula is C23H26N6O6S. The molecule has 36 heavy (non-hydrogen) atoms. The van der Waals surface area contributed by atoms with Gasteiger partial charge in [-0.25, -0.2) is 4.68 Å². The lowest BCUT2D eigenvalue weighted by molar-refractivity contribution is -0.124. The molecule has 190 valence electrons. The number of amides is 1. The zero-order valence-corrected chi connectivity index (χ0v) is 20.9. The van der Waals surface area contributed by atoms with E-state index in [9.17, 15) is 9.90 Å². The van der Waals surface area contributed by atoms with E-state index in [1.54, 1.807) is 25.1 Å². The highest BCUT2D eigenvalue weighted by Crippen LogP contribution is 2.29. The summed E-state index contributed by atoms with van der Waals surface area (Å²) in [6.45, 7) is 2.15. The number of rotatable bonds is 10. The number of aliphatic hydroxyl groups excluding tert-OH is 1. The molecule has 1 unspecified atom stereocenters. The molecule has 3 N–H and O–H groups in total. The molecule has 0 spiro atoms. The highest BCUT2D eigenvalue weighted by Gasteiger charge is 2.30. The van der Waals surface area contributed by atoms with Gasteiger partial charge in [-0.3, -0.25) is 10.1 Å². The van der Waals surface area contributed by atoms with Gasteiger partial charge in [0, 0.05) is 30.6 Å². The second-order valence-corrected chi connectivity index (χ2v) is 8.54. The van der Waals surface area contributed by atoms with Crippen molar-refractivity contribution >= 4 is 22.4 Å². The molecule has 1 aliphatic heterocycles. The fourth-order valence-corrected chi connectivity index (χ4v) is 4.34. The summed E-state index contributed by atoms with van der Waals surface area (Å²) in [6, 6.07) is 8.91. The van der Waals surface area contributed by atoms with Crippen molar-refractivity contribution in [3.8, 4) is 10.9 Å². The van der Waals surface area contributed by atoms with Crippen LogP contribution < -0.4 is 15.4 Å². The molecule has 1 aliphatic rings. The van der Waals surface area contributed by atoms with Crippen LogP contribution in [0.25, 0.3) is 5.13 Å². The quantitative estimate of drug-likeness (QED) is 0.368. The molecule has 3 heterocycles. The van der Waals surface area contributed by atoms with Crippen molar-refractivity contribution in [2.45, 2.75) is 19.3 Å². The van der Waals surface area contributed by atoms with Crippen molar-refractivity contribution in [3.63, 3.8) is 0 Å². The van der Waals surface area contributed by atoms with Crippen molar-refractivity contribution in [3.05, 3.63) is 71.1 Å². The van der Waals surface area contributed by atoms with Gasteiger partial charge in [0.05, 0.1) is 32.6 Å². The first-order valence-corrected chi connectivity index (χ1v) is 11.7. The Morgan fingerprint density at radius 2 is 2.03 bits per heavy atom. The molecule has 0 radical (unpaired) electrons. The Bertz CT molecular complexity index is 1290. The number of benzene rings is 1. The van der Waals surface area contributed by atoms with Crippen LogP contribution in [0.4, 0.5) is 5.13 Å². The minimum atomic E-state index is -1.51. The summed E-state index contributed by atoms with van der Waals surface area (Å²) >= 11 is 1.14. The summed E-state index contributed by atoms with van der Waals surface area (Å²) in [5.41, 5.74) is 2.04. The number of hydrogen-bond donors (Lipinski definition) is 3. The van der Waals surface area contributed by atoms with E-state index in [0.29, 0.717) is 16.6 Å². The van der Waals surface area contributed by atoms with Gasteiger partial charge in [-0.15, -0.1) is 10.2 Å². The van der Waals surface area contributed by atoms with E-state index in [0.717, 1.165) is 22.6 Å². The normalized spacial score (nSPS) is 16.1. The lowest BCUT2D eigenvalue weighted by Gasteiger charge is -2.28. The topological polar surface area (TPSA) is 142 Å². The summed E-state index contributed by atoms with van der Waals surface area (Å²) in [5.74, 6) is -0.00596. The van der Waals surface area contributed by atoms with Gasteiger partial charge in [-0.1, -0.05) is 29.5 Å². The number of anilines is 1. The molecule has 2 atom stereocenters. The van der Waals surface area contributed by atoms with Crippen LogP contribution in [-0.4, -0.2) is 65.2 Å². The van der Waals surface area contributed by atoms with E-state index < -0.39 is 12.2 Å². The van der Waals surface area contributed by atoms with Crippen LogP contribution in [0.5, 0.6) is 5.75 Å². The summed E-state index contributed by atoms with van der Waals surface area (Å²) in [7, 11) is 4.55. The number of carbonyl (C=O) groups excluding carboxylic acids is 1. The number of nitrogens with zero attached hydrogens (tertiary/aromatic N) is 4. The SMILES string of the molecule is COC[C@@H](NC1=C(OC)C(O)OC(C(=O)Nc2nnc(-n3nccc3C)s2)=C1)c1ccccc1OC. The van der Waals surface area contributed by atoms with Crippen molar-refractivity contribution in [1.29, 1.82) is 0 Å². The molecular weight excluding hydrogens is 488 g/mol. The third kappa shape index (κ3) is 5.32. The lowest BCUT2D eigenvalue weighted by atomic mass is 10.1. The van der Waals surface area contributed by atoms with Gasteiger partial charge in [0.2, 0.25) is 10.3 Å². The monoisotopic (exact) mass is 514 g/mol. The largest absolute Gasteiger partial charge is 0.496 e. The number of nitrogens with one attached hydrogen (secondary N) is 2. The molecule has 3 aromatic rings. The van der Waals surface area contributed by atoms with Crippen LogP contribution in [0.2, 0.25) is 0 Å². The average molecular weight is 515 g/mol. The fraction of sp³-hybridized carbons (Fsp3) is 0.304. The Hall–Kier alpha value is -3.94. The Morgan fingerprint density at radius 1 is 1.22 bits per heavy atom. The van der Waals surface area contributed by atoms with Crippen LogP contribution in [-0.2, 0) is 19.0 Å². The fourth-order valence-electron chi connectivity index (χ4n) is 3.58. The predicted octanol–water partition coefficient (Wildman–Crippen LogP) is 2.05. The zero-order valence-electron chi connectivity index (χ0n) is 20.1. The Kier molecular flexibility index (Phi) is 7.83. The smallest absolute Gasteiger partial charge is 0.292 e. The third-order valence-corrected chi connectivity index (χ3v) is 6.09. The highest BCUT2D eigenvalue weighted by molar-refractivity contribution is 7.17. The van der Waals surface area contributed by atoms with Gasteiger partial charge < -0.3 is 29.4 Å². The molecule has 0 bridgehead atoms. The van der Waals surface area contributed by atoms with Crippen molar-refractivity contribution in [1.82, 2.24) is 25.3 Å². The molecule has 0 saturated carbocycles. The van der Waals surface area contributed by atoms with Crippen LogP contribution in [0.3, 0.4) is 0 Å². The Labute approximate surface area is 211 Å². The van der Waals surface area contributed by atoms with Crippen LogP contribution in [0.1, 0.15) is 17.3 Å². The standard InChI is InChI=1S/C23H26N6O6S/c1-13-9-10-24-29(13)23-28-27-22(36-23)26-20(30)18-11-15(19(34-4)21(31)35-18)25-16(12-32-2)14-7-5-6-8-17(14)33-3/h5-11,16,21,25,31H,12H2,1-4H3,(H,26,27,30)/t16-,21?/m1/s1. The number of methoxy groups -OCH3 is 3. The molecule has 0 fully saturated rings. The Balaban J connectivity index is 1.57. The maximum atomic E-state index is 13.0. The van der Waals surface area contributed by atoms with E-state index in [1.807, 2.05) is 37.3 Å². The predicted molar refractivity (Wildman–Crippen MR) is 130 cm³/mol. The van der Waals surface area contributed by atoms with Gasteiger partial charge in [-0.2, -0.15) is 5.10 Å². The average Bonchev–Trinajstić information content (AvgIpc) is 3.52. The second-order valence-electron chi connectivity index (χ2n) is 7.58. The number of allylic oxidation sites excluding steroid dienone is 1. The number of aromatic nitrogens is 4. The summed E-state index contributed by atoms with van der Waals surface area (Å²) in [6.07, 6.45) is 1.58. The Morgan fingerprint density at radius 3 is 2.72 bits per heavy atom. The minimum absolute atomic E-state index is 0.106. The van der Waals surface area contributed by atoms with Crippen molar-refractivity contribution < 1.29 is 28.8 Å². The molecule has 0 saturated heterocycles. The highest BCUT2D eigenvalue weighted by atomic mass is 32.1. The minimum Gasteiger partial charge on any atom is -0.496 e. The lowest BCUT2D eigenvalue weighted by Crippen LogP contribution is -2.33. The molecule has 0 aliphatic carbocycles. The molecule has 1 amide bonds. The van der Waals surface area contributed by atoms with E-state index in [-0.39, 0.29) is 29.3 Å². The molecule has 1 aromatic carbocycles. The summed E-state index contributed by atoms with van der Waals surface area (Å²) in [5, 5.41) is 29.4. The number of ether oxygens (including phenoxy) is 4. The van der Waals surface area contributed by atoms with Crippen molar-refractivity contribution in [2.24, 2.45) is 0 Å². The first-order valence-electron chi connectivity index (χ1n) is 10.8. The number of carbonyl (C=O) groups is 1. The number of para-hydroxylation sites is 1. The van der Waals surface area contributed by atoms with Gasteiger partial charge in [-0.05, 0) is 19.1 Å². The van der Waals surface area contributed by atoms with E-state index >= 15 is 0 Å². The first-order chi connectivity index (χ1) is 17.4. The molecule has 4 rings (SSSR count). The van der Waals surface area contributed by atoms with Crippen LogP contribution in [0.15, 0.2) is 59.8 Å². The van der Waals surface area contributed by atoms with E-state index in [1.165, 1.54) is 13.2 Å². The van der Waals surface area contributed by atoms with E-state index in [4.69, 9.17) is 18.9 Å². The summed E-state index contributed by atoms with van der Waals surface area (Å²) < 4.78 is 23.2. The zero-order chi connectivity index (χ0) is 25.7. The number of aryl methyl sites for hydroxylation is 1. The number of aliphatic hydroxyl groups is 1. The van der Waals surface area contributed by atoms with Gasteiger partial charge >= 0.3 is 0 Å². The maximum absolute atomic E-state index is 13.0. The number of hydrogen-bond acceptors (Lipinski definition) is 11. The van der Waals surface area contributed by atoms with Crippen LogP contribution in [0, 0.1) is 6.92 Å². The van der Waals surface area contributed by atoms with Crippen molar-refractivity contribution in [2.75, 3.05) is 33.3 Å². The molecule has 2 aromatic heterocycles. The second kappa shape index (κ2) is 11.2. The van der Waals surface area contributed by atoms with E-state index in [2.05, 4.69) is 25.9 Å². The first kappa shape index (κ1) is 25.2. The maximum Gasteiger partial charge on any atom is 0.292 e. The third-order valence-electron chi connectivity index (χ3n) is 5.27. The van der Waals surface area contributed by atoms with Crippen LogP contribution >= 0.6 is 11.3 Å². The molecule has 12 nitrogen and oxygen atoms in total. The van der Waals surface area contributed by atoms with Gasteiger partial charge in [0.25, 0.3) is 12.2 Å². The van der Waals surface area contributed by atoms with Gasteiger partial charge in [0.15, 0.2) is 11.5 Å². The molecule has 13 heteroatoms. The van der Waals surface area contributed by atoms with Gasteiger partial charge in [0.1, 0.15) is 5.75 Å². The summed E-state index contributed by atoms with van der Waals surface area (Å²) in [4.78, 5) is 13.0.